The molecule has 0 aromatic carbocycles. The average Bonchev–Trinajstić information content (AvgIpc) is 2.32. The lowest BCUT2D eigenvalue weighted by atomic mass is 10.3. The van der Waals surface area contributed by atoms with Crippen LogP contribution in [0.5, 0.6) is 0 Å². The van der Waals surface area contributed by atoms with Gasteiger partial charge >= 0.3 is 15.5 Å². The van der Waals surface area contributed by atoms with Gasteiger partial charge in [-0.2, -0.15) is 26.0 Å². The minimum absolute atomic E-state index is 1.99. The van der Waals surface area contributed by atoms with Crippen LogP contribution < -0.4 is 0 Å². The Morgan fingerprint density at radius 1 is 1.10 bits per heavy atom. The maximum absolute atomic E-state index is 13.0. The number of sulfonamides is 1. The van der Waals surface area contributed by atoms with Crippen molar-refractivity contribution in [2.75, 3.05) is 0 Å². The zero-order valence-electron chi connectivity index (χ0n) is 8.60. The van der Waals surface area contributed by atoms with Crippen molar-refractivity contribution in [2.45, 2.75) is 11.8 Å². The maximum atomic E-state index is 13.0. The van der Waals surface area contributed by atoms with Gasteiger partial charge in [0.05, 0.1) is 0 Å². The molecule has 1 aliphatic rings. The van der Waals surface area contributed by atoms with Gasteiger partial charge in [0.15, 0.2) is 11.7 Å². The van der Waals surface area contributed by atoms with Crippen LogP contribution in [0.15, 0.2) is 23.3 Å². The first-order valence-corrected chi connectivity index (χ1v) is 5.59. The molecule has 0 bridgehead atoms. The Kier molecular flexibility index (Phi) is 3.91. The van der Waals surface area contributed by atoms with Crippen molar-refractivity contribution >= 4 is 10.0 Å². The Morgan fingerprint density at radius 3 is 1.95 bits per heavy atom. The molecule has 1 heterocycles. The summed E-state index contributed by atoms with van der Waals surface area (Å²) in [6.07, 6.45) is -3.86. The van der Waals surface area contributed by atoms with Crippen LogP contribution in [0.2, 0.25) is 0 Å². The number of hydrogen-bond acceptors (Lipinski definition) is 3. The summed E-state index contributed by atoms with van der Waals surface area (Å²) in [6.45, 7) is 0. The zero-order chi connectivity index (χ0) is 16.0. The van der Waals surface area contributed by atoms with Crippen LogP contribution >= 0.6 is 0 Å². The normalized spacial score (nSPS) is 21.6. The van der Waals surface area contributed by atoms with Crippen LogP contribution in [0, 0.1) is 0 Å². The third kappa shape index (κ3) is 2.27. The summed E-state index contributed by atoms with van der Waals surface area (Å²) in [5.41, 5.74) is -6.36. The fourth-order valence-electron chi connectivity index (χ4n) is 0.965. The Hall–Kier alpha value is -1.60. The Balaban J connectivity index is 3.46. The molecule has 1 unspecified atom stereocenters. The van der Waals surface area contributed by atoms with Crippen LogP contribution in [0.25, 0.3) is 0 Å². The highest BCUT2D eigenvalue weighted by Gasteiger charge is 2.55. The molecule has 1 atom stereocenters. The van der Waals surface area contributed by atoms with Crippen LogP contribution in [0.3, 0.4) is 0 Å². The number of allylic oxidation sites excluding steroid dienone is 2. The second kappa shape index (κ2) is 4.75. The van der Waals surface area contributed by atoms with E-state index in [4.69, 9.17) is 0 Å². The summed E-state index contributed by atoms with van der Waals surface area (Å²) < 4.78 is 131. The van der Waals surface area contributed by atoms with Crippen LogP contribution in [-0.2, 0) is 10.0 Å². The average molecular weight is 336 g/mol. The van der Waals surface area contributed by atoms with E-state index >= 15 is 0 Å². The quantitative estimate of drug-likeness (QED) is 0.442. The first-order valence-electron chi connectivity index (χ1n) is 4.15. The molecule has 14 heteroatoms. The molecule has 0 amide bonds. The van der Waals surface area contributed by atoms with Gasteiger partial charge in [-0.05, 0) is 0 Å². The summed E-state index contributed by atoms with van der Waals surface area (Å²) in [4.78, 5) is 0. The van der Waals surface area contributed by atoms with Crippen LogP contribution in [0.4, 0.5) is 39.7 Å². The van der Waals surface area contributed by atoms with Gasteiger partial charge < -0.3 is 0 Å². The Bertz CT molecular complexity index is 580. The van der Waals surface area contributed by atoms with E-state index in [0.29, 0.717) is 0 Å². The van der Waals surface area contributed by atoms with E-state index in [9.17, 15) is 48.1 Å². The highest BCUT2D eigenvalue weighted by Crippen LogP contribution is 2.40. The largest absolute Gasteiger partial charge is 0.519 e. The predicted molar refractivity (Wildman–Crippen MR) is 43.1 cm³/mol. The smallest absolute Gasteiger partial charge is 0.213 e. The van der Waals surface area contributed by atoms with E-state index in [1.807, 2.05) is 0 Å². The molecule has 0 aromatic heterocycles. The third-order valence-electron chi connectivity index (χ3n) is 1.88. The summed E-state index contributed by atoms with van der Waals surface area (Å²) in [5, 5.41) is -1.99. The molecule has 0 radical (unpaired) electrons. The number of hydrogen-bond donors (Lipinski definition) is 0. The molecular formula is C6HF9N2O2S. The van der Waals surface area contributed by atoms with Crippen molar-refractivity contribution in [3.05, 3.63) is 23.3 Å². The molecule has 0 saturated heterocycles. The zero-order valence-corrected chi connectivity index (χ0v) is 9.41. The van der Waals surface area contributed by atoms with Crippen molar-refractivity contribution < 1.29 is 48.1 Å². The maximum Gasteiger partial charge on any atom is 0.519 e. The lowest BCUT2D eigenvalue weighted by Crippen LogP contribution is -2.42. The first-order chi connectivity index (χ1) is 8.84. The summed E-state index contributed by atoms with van der Waals surface area (Å²) in [7, 11) is -7.00. The van der Waals surface area contributed by atoms with E-state index in [-0.39, 0.29) is 0 Å². The van der Waals surface area contributed by atoms with E-state index in [2.05, 4.69) is 0 Å². The third-order valence-corrected chi connectivity index (χ3v) is 3.06. The second-order valence-electron chi connectivity index (χ2n) is 3.11. The van der Waals surface area contributed by atoms with E-state index in [0.717, 1.165) is 0 Å². The molecule has 0 N–H and O–H groups in total. The molecule has 1 rings (SSSR count). The molecule has 0 aromatic rings. The number of nitrogens with zero attached hydrogens (tertiary/aromatic N) is 2. The van der Waals surface area contributed by atoms with Crippen molar-refractivity contribution in [3.8, 4) is 0 Å². The number of alkyl halides is 4. The molecule has 0 saturated carbocycles. The van der Waals surface area contributed by atoms with Gasteiger partial charge in [0, 0.05) is 0 Å². The molecule has 20 heavy (non-hydrogen) atoms. The van der Waals surface area contributed by atoms with E-state index < -0.39 is 54.8 Å². The minimum atomic E-state index is -7.00. The van der Waals surface area contributed by atoms with Gasteiger partial charge in [0.1, 0.15) is 0 Å². The molecule has 4 nitrogen and oxygen atoms in total. The van der Waals surface area contributed by atoms with Crippen molar-refractivity contribution in [1.29, 1.82) is 0 Å². The molecule has 0 spiro atoms. The molecule has 116 valence electrons. The summed E-state index contributed by atoms with van der Waals surface area (Å²) >= 11 is 0. The van der Waals surface area contributed by atoms with Crippen molar-refractivity contribution in [1.82, 2.24) is 9.65 Å². The van der Waals surface area contributed by atoms with E-state index in [1.165, 1.54) is 0 Å². The highest BCUT2D eigenvalue weighted by molar-refractivity contribution is 7.89. The Morgan fingerprint density at radius 2 is 1.55 bits per heavy atom. The summed E-state index contributed by atoms with van der Waals surface area (Å²) in [6, 6.07) is 0. The van der Waals surface area contributed by atoms with Crippen LogP contribution in [-0.4, -0.2) is 29.9 Å². The minimum Gasteiger partial charge on any atom is -0.213 e. The first kappa shape index (κ1) is 16.5. The van der Waals surface area contributed by atoms with Gasteiger partial charge in [-0.15, -0.1) is 5.12 Å². The standard InChI is InChI=1S/C6HF9N2O2S/c7-1-2(8)4(10)16(14)5(3(1)9)17(15)20(18,19)6(11,12)13/h4H. The lowest BCUT2D eigenvalue weighted by Gasteiger charge is -2.27. The van der Waals surface area contributed by atoms with Crippen molar-refractivity contribution in [3.63, 3.8) is 0 Å². The number of halogens is 9. The number of rotatable bonds is 2. The fourth-order valence-corrected chi connectivity index (χ4v) is 1.53. The van der Waals surface area contributed by atoms with Gasteiger partial charge in [-0.25, -0.2) is 13.2 Å². The van der Waals surface area contributed by atoms with E-state index in [1.54, 1.807) is 0 Å². The van der Waals surface area contributed by atoms with Crippen molar-refractivity contribution in [2.24, 2.45) is 0 Å². The highest BCUT2D eigenvalue weighted by atomic mass is 32.2. The lowest BCUT2D eigenvalue weighted by molar-refractivity contribution is -0.0944. The predicted octanol–water partition coefficient (Wildman–Crippen LogP) is 2.81. The van der Waals surface area contributed by atoms with Gasteiger partial charge in [-0.1, -0.05) is 13.5 Å². The molecule has 0 aliphatic carbocycles. The van der Waals surface area contributed by atoms with Crippen LogP contribution in [0.1, 0.15) is 0 Å². The second-order valence-corrected chi connectivity index (χ2v) is 4.85. The van der Waals surface area contributed by atoms with Gasteiger partial charge in [0.2, 0.25) is 11.6 Å². The SMILES string of the molecule is O=S(=O)(N(F)C1=C(F)C(F)=C(F)C(F)N1F)C(F)(F)F. The monoisotopic (exact) mass is 336 g/mol. The fraction of sp³-hybridized carbons (Fsp3) is 0.333. The molecule has 1 aliphatic heterocycles. The Labute approximate surface area is 104 Å². The van der Waals surface area contributed by atoms with Gasteiger partial charge in [0.25, 0.3) is 6.30 Å². The topological polar surface area (TPSA) is 40.6 Å². The molecule has 0 fully saturated rings. The molecular weight excluding hydrogens is 335 g/mol. The van der Waals surface area contributed by atoms with Gasteiger partial charge in [-0.3, -0.25) is 0 Å². The summed E-state index contributed by atoms with van der Waals surface area (Å²) in [5.74, 6) is -11.6.